The smallest absolute Gasteiger partial charge is 0.272 e. The molecule has 0 aromatic heterocycles. The largest absolute Gasteiger partial charge is 0.490 e. The molecule has 3 aromatic carbocycles. The number of anilines is 1. The molecule has 6 nitrogen and oxygen atoms in total. The minimum atomic E-state index is -0.886. The maximum Gasteiger partial charge on any atom is 0.272 e. The number of non-ortho nitro benzene ring substituents is 1. The van der Waals surface area contributed by atoms with Crippen LogP contribution in [0.25, 0.3) is 10.8 Å². The van der Waals surface area contributed by atoms with Gasteiger partial charge >= 0.3 is 0 Å². The molecule has 7 heteroatoms. The van der Waals surface area contributed by atoms with E-state index in [1.54, 1.807) is 0 Å². The van der Waals surface area contributed by atoms with Crippen LogP contribution >= 0.6 is 0 Å². The Balaban J connectivity index is 1.57. The zero-order valence-electron chi connectivity index (χ0n) is 13.8. The first-order valence-corrected chi connectivity index (χ1v) is 8.01. The van der Waals surface area contributed by atoms with Crippen molar-refractivity contribution in [3.05, 3.63) is 76.6 Å². The van der Waals surface area contributed by atoms with Crippen molar-refractivity contribution in [2.75, 3.05) is 18.5 Å². The molecule has 0 bridgehead atoms. The second-order valence-electron chi connectivity index (χ2n) is 5.74. The minimum absolute atomic E-state index is 0.0234. The Kier molecular flexibility index (Phi) is 5.28. The predicted molar refractivity (Wildman–Crippen MR) is 97.0 cm³/mol. The van der Waals surface area contributed by atoms with Gasteiger partial charge in [0, 0.05) is 18.0 Å². The summed E-state index contributed by atoms with van der Waals surface area (Å²) in [7, 11) is 0. The van der Waals surface area contributed by atoms with Crippen LogP contribution in [0.5, 0.6) is 5.75 Å². The van der Waals surface area contributed by atoms with Gasteiger partial charge in [-0.1, -0.05) is 36.4 Å². The Morgan fingerprint density at radius 2 is 1.92 bits per heavy atom. The van der Waals surface area contributed by atoms with Crippen molar-refractivity contribution in [1.29, 1.82) is 0 Å². The van der Waals surface area contributed by atoms with Gasteiger partial charge in [-0.3, -0.25) is 10.1 Å². The van der Waals surface area contributed by atoms with Gasteiger partial charge in [-0.25, -0.2) is 4.39 Å². The molecule has 0 aliphatic carbocycles. The van der Waals surface area contributed by atoms with E-state index in [9.17, 15) is 19.6 Å². The van der Waals surface area contributed by atoms with Crippen LogP contribution in [0.3, 0.4) is 0 Å². The number of aliphatic hydroxyl groups is 1. The van der Waals surface area contributed by atoms with Crippen molar-refractivity contribution in [3.8, 4) is 5.75 Å². The van der Waals surface area contributed by atoms with Gasteiger partial charge in [-0.15, -0.1) is 0 Å². The fraction of sp³-hybridized carbons (Fsp3) is 0.158. The number of nitrogens with one attached hydrogen (secondary N) is 1. The zero-order valence-corrected chi connectivity index (χ0v) is 13.8. The number of ether oxygens (including phenoxy) is 1. The van der Waals surface area contributed by atoms with Crippen LogP contribution in [-0.4, -0.2) is 29.3 Å². The van der Waals surface area contributed by atoms with Crippen LogP contribution in [0.15, 0.2) is 60.7 Å². The second kappa shape index (κ2) is 7.79. The van der Waals surface area contributed by atoms with Gasteiger partial charge in [0.05, 0.1) is 16.7 Å². The molecule has 1 atom stereocenters. The molecule has 0 heterocycles. The maximum atomic E-state index is 13.8. The van der Waals surface area contributed by atoms with Gasteiger partial charge in [0.15, 0.2) is 5.82 Å². The van der Waals surface area contributed by atoms with Crippen molar-refractivity contribution in [2.45, 2.75) is 6.10 Å². The predicted octanol–water partition coefficient (Wildman–Crippen LogP) is 3.74. The average Bonchev–Trinajstić information content (AvgIpc) is 2.65. The quantitative estimate of drug-likeness (QED) is 0.498. The van der Waals surface area contributed by atoms with Gasteiger partial charge in [-0.2, -0.15) is 0 Å². The van der Waals surface area contributed by atoms with E-state index in [1.165, 1.54) is 12.1 Å². The van der Waals surface area contributed by atoms with Crippen LogP contribution in [0.2, 0.25) is 0 Å². The Morgan fingerprint density at radius 3 is 2.69 bits per heavy atom. The number of nitro groups is 1. The van der Waals surface area contributed by atoms with E-state index in [-0.39, 0.29) is 24.5 Å². The van der Waals surface area contributed by atoms with Crippen LogP contribution in [-0.2, 0) is 0 Å². The summed E-state index contributed by atoms with van der Waals surface area (Å²) >= 11 is 0. The van der Waals surface area contributed by atoms with Crippen molar-refractivity contribution in [1.82, 2.24) is 0 Å². The van der Waals surface area contributed by atoms with Crippen molar-refractivity contribution >= 4 is 22.1 Å². The molecule has 0 saturated carbocycles. The molecule has 2 N–H and O–H groups in total. The van der Waals surface area contributed by atoms with E-state index in [0.29, 0.717) is 5.75 Å². The summed E-state index contributed by atoms with van der Waals surface area (Å²) in [5.74, 6) is -0.0926. The minimum Gasteiger partial charge on any atom is -0.490 e. The number of halogens is 1. The molecule has 0 saturated heterocycles. The van der Waals surface area contributed by atoms with Gasteiger partial charge in [0.1, 0.15) is 18.5 Å². The van der Waals surface area contributed by atoms with E-state index in [2.05, 4.69) is 5.32 Å². The first-order valence-electron chi connectivity index (χ1n) is 8.01. The Morgan fingerprint density at radius 1 is 1.15 bits per heavy atom. The number of aliphatic hydroxyl groups excluding tert-OH is 1. The number of fused-ring (bicyclic) bond motifs is 1. The Hall–Kier alpha value is -3.19. The average molecular weight is 356 g/mol. The van der Waals surface area contributed by atoms with Crippen molar-refractivity contribution in [3.63, 3.8) is 0 Å². The lowest BCUT2D eigenvalue weighted by Crippen LogP contribution is -2.26. The van der Waals surface area contributed by atoms with Crippen molar-refractivity contribution < 1.29 is 19.2 Å². The third kappa shape index (κ3) is 4.07. The van der Waals surface area contributed by atoms with E-state index in [0.717, 1.165) is 16.8 Å². The fourth-order valence-corrected chi connectivity index (χ4v) is 2.56. The molecule has 0 radical (unpaired) electrons. The van der Waals surface area contributed by atoms with E-state index < -0.39 is 16.8 Å². The lowest BCUT2D eigenvalue weighted by Gasteiger charge is -2.15. The molecule has 3 rings (SSSR count). The normalized spacial score (nSPS) is 11.9. The third-order valence-corrected chi connectivity index (χ3v) is 3.87. The summed E-state index contributed by atoms with van der Waals surface area (Å²) in [5.41, 5.74) is -0.243. The molecule has 0 aliphatic rings. The second-order valence-corrected chi connectivity index (χ2v) is 5.74. The SMILES string of the molecule is O=[N+]([O-])c1ccc(NCC(O)COc2cccc3ccccc23)c(F)c1. The molecule has 0 aliphatic heterocycles. The summed E-state index contributed by atoms with van der Waals surface area (Å²) in [5, 5.41) is 25.4. The van der Waals surface area contributed by atoms with Crippen LogP contribution in [0.1, 0.15) is 0 Å². The third-order valence-electron chi connectivity index (χ3n) is 3.87. The lowest BCUT2D eigenvalue weighted by molar-refractivity contribution is -0.385. The highest BCUT2D eigenvalue weighted by molar-refractivity contribution is 5.88. The van der Waals surface area contributed by atoms with Crippen LogP contribution in [0, 0.1) is 15.9 Å². The Labute approximate surface area is 149 Å². The molecule has 1 unspecified atom stereocenters. The highest BCUT2D eigenvalue weighted by atomic mass is 19.1. The summed E-state index contributed by atoms with van der Waals surface area (Å²) in [6.45, 7) is 0.0646. The summed E-state index contributed by atoms with van der Waals surface area (Å²) in [6.07, 6.45) is -0.886. The van der Waals surface area contributed by atoms with E-state index in [4.69, 9.17) is 4.74 Å². The number of nitro benzene ring substituents is 1. The monoisotopic (exact) mass is 356 g/mol. The summed E-state index contributed by atoms with van der Waals surface area (Å²) in [6, 6.07) is 16.7. The van der Waals surface area contributed by atoms with E-state index >= 15 is 0 Å². The van der Waals surface area contributed by atoms with Gasteiger partial charge in [0.2, 0.25) is 0 Å². The number of benzene rings is 3. The summed E-state index contributed by atoms with van der Waals surface area (Å²) < 4.78 is 19.5. The number of hydrogen-bond acceptors (Lipinski definition) is 5. The molecule has 3 aromatic rings. The molecular formula is C19H17FN2O4. The van der Waals surface area contributed by atoms with Crippen LogP contribution in [0.4, 0.5) is 15.8 Å². The lowest BCUT2D eigenvalue weighted by atomic mass is 10.1. The molecule has 26 heavy (non-hydrogen) atoms. The van der Waals surface area contributed by atoms with Gasteiger partial charge in [-0.05, 0) is 17.5 Å². The topological polar surface area (TPSA) is 84.6 Å². The number of rotatable bonds is 7. The standard InChI is InChI=1S/C19H17FN2O4/c20-17-10-14(22(24)25)8-9-18(17)21-11-15(23)12-26-19-7-3-5-13-4-1-2-6-16(13)19/h1-10,15,21,23H,11-12H2. The van der Waals surface area contributed by atoms with E-state index in [1.807, 2.05) is 42.5 Å². The first kappa shape index (κ1) is 17.6. The maximum absolute atomic E-state index is 13.8. The van der Waals surface area contributed by atoms with Crippen LogP contribution < -0.4 is 10.1 Å². The summed E-state index contributed by atoms with van der Waals surface area (Å²) in [4.78, 5) is 9.94. The zero-order chi connectivity index (χ0) is 18.5. The molecule has 134 valence electrons. The molecule has 0 fully saturated rings. The number of hydrogen-bond donors (Lipinski definition) is 2. The first-order chi connectivity index (χ1) is 12.5. The Bertz CT molecular complexity index is 927. The molecule has 0 spiro atoms. The molecule has 0 amide bonds. The molecular weight excluding hydrogens is 339 g/mol. The highest BCUT2D eigenvalue weighted by Crippen LogP contribution is 2.25. The van der Waals surface area contributed by atoms with Crippen molar-refractivity contribution in [2.24, 2.45) is 0 Å². The highest BCUT2D eigenvalue weighted by Gasteiger charge is 2.12. The van der Waals surface area contributed by atoms with Gasteiger partial charge in [0.25, 0.3) is 5.69 Å². The van der Waals surface area contributed by atoms with Gasteiger partial charge < -0.3 is 15.2 Å². The fourth-order valence-electron chi connectivity index (χ4n) is 2.56. The number of nitrogens with zero attached hydrogens (tertiary/aromatic N) is 1.